The molecule has 0 aliphatic carbocycles. The molecule has 1 aromatic carbocycles. The highest BCUT2D eigenvalue weighted by Gasteiger charge is 2.24. The lowest BCUT2D eigenvalue weighted by molar-refractivity contribution is -0.133. The Morgan fingerprint density at radius 3 is 2.58 bits per heavy atom. The summed E-state index contributed by atoms with van der Waals surface area (Å²) < 4.78 is 15.6. The molecule has 128 valence electrons. The van der Waals surface area contributed by atoms with E-state index in [0.717, 1.165) is 42.8 Å². The highest BCUT2D eigenvalue weighted by molar-refractivity contribution is 5.82. The quantitative estimate of drug-likeness (QED) is 0.847. The summed E-state index contributed by atoms with van der Waals surface area (Å²) in [5.41, 5.74) is 2.16. The summed E-state index contributed by atoms with van der Waals surface area (Å²) in [6.07, 6.45) is 4.97. The van der Waals surface area contributed by atoms with Crippen LogP contribution in [0.25, 0.3) is 10.9 Å². The predicted molar refractivity (Wildman–Crippen MR) is 92.2 cm³/mol. The van der Waals surface area contributed by atoms with Gasteiger partial charge in [0.15, 0.2) is 0 Å². The monoisotopic (exact) mass is 329 g/mol. The molecule has 2 aliphatic heterocycles. The van der Waals surface area contributed by atoms with Crippen LogP contribution in [0.2, 0.25) is 0 Å². The van der Waals surface area contributed by atoms with Gasteiger partial charge in [0.2, 0.25) is 5.91 Å². The lowest BCUT2D eigenvalue weighted by atomic mass is 10.2. The van der Waals surface area contributed by atoms with Gasteiger partial charge in [-0.1, -0.05) is 12.8 Å². The molecule has 3 heterocycles. The summed E-state index contributed by atoms with van der Waals surface area (Å²) in [5, 5.41) is 0.923. The van der Waals surface area contributed by atoms with E-state index in [-0.39, 0.29) is 11.7 Å². The fourth-order valence-electron chi connectivity index (χ4n) is 3.99. The van der Waals surface area contributed by atoms with Crippen LogP contribution in [0.15, 0.2) is 24.3 Å². The molecule has 0 atom stereocenters. The van der Waals surface area contributed by atoms with Crippen molar-refractivity contribution in [1.82, 2.24) is 14.4 Å². The Morgan fingerprint density at radius 1 is 1.00 bits per heavy atom. The number of rotatable bonds is 2. The molecule has 1 amide bonds. The highest BCUT2D eigenvalue weighted by Crippen LogP contribution is 2.25. The molecule has 0 saturated carbocycles. The Bertz CT molecular complexity index is 746. The first-order valence-corrected chi connectivity index (χ1v) is 8.98. The first-order chi connectivity index (χ1) is 11.7. The number of halogens is 1. The lowest BCUT2D eigenvalue weighted by Crippen LogP contribution is -2.44. The Hall–Kier alpha value is -1.88. The van der Waals surface area contributed by atoms with Crippen molar-refractivity contribution in [1.29, 1.82) is 0 Å². The SMILES string of the molecule is O=C(CN1CCCCCC1)N1CCn2c(cc3cc(F)ccc32)C1. The molecule has 0 bridgehead atoms. The zero-order valence-corrected chi connectivity index (χ0v) is 14.0. The maximum absolute atomic E-state index is 13.4. The lowest BCUT2D eigenvalue weighted by Gasteiger charge is -2.31. The van der Waals surface area contributed by atoms with E-state index in [9.17, 15) is 9.18 Å². The van der Waals surface area contributed by atoms with Crippen LogP contribution >= 0.6 is 0 Å². The van der Waals surface area contributed by atoms with Gasteiger partial charge in [0.1, 0.15) is 5.82 Å². The van der Waals surface area contributed by atoms with Crippen LogP contribution < -0.4 is 0 Å². The first kappa shape index (κ1) is 15.6. The summed E-state index contributed by atoms with van der Waals surface area (Å²) in [5.74, 6) is 0.0131. The van der Waals surface area contributed by atoms with Crippen LogP contribution in [0.5, 0.6) is 0 Å². The third-order valence-corrected chi connectivity index (χ3v) is 5.31. The molecule has 0 N–H and O–H groups in total. The third-order valence-electron chi connectivity index (χ3n) is 5.31. The van der Waals surface area contributed by atoms with Crippen molar-refractivity contribution in [2.75, 3.05) is 26.2 Å². The number of carbonyl (C=O) groups excluding carboxylic acids is 1. The Balaban J connectivity index is 1.47. The van der Waals surface area contributed by atoms with Crippen LogP contribution in [0.1, 0.15) is 31.4 Å². The van der Waals surface area contributed by atoms with E-state index in [1.807, 2.05) is 17.0 Å². The minimum atomic E-state index is -0.209. The average molecular weight is 329 g/mol. The van der Waals surface area contributed by atoms with Crippen molar-refractivity contribution in [3.63, 3.8) is 0 Å². The molecule has 0 unspecified atom stereocenters. The van der Waals surface area contributed by atoms with Crippen LogP contribution in [0.4, 0.5) is 4.39 Å². The molecule has 2 aromatic rings. The number of nitrogens with zero attached hydrogens (tertiary/aromatic N) is 3. The van der Waals surface area contributed by atoms with Gasteiger partial charge in [0.05, 0.1) is 13.1 Å². The van der Waals surface area contributed by atoms with Crippen LogP contribution in [0, 0.1) is 5.82 Å². The zero-order chi connectivity index (χ0) is 16.5. The van der Waals surface area contributed by atoms with Crippen molar-refractivity contribution in [3.05, 3.63) is 35.8 Å². The normalized spacial score (nSPS) is 19.3. The van der Waals surface area contributed by atoms with Gasteiger partial charge in [-0.3, -0.25) is 9.69 Å². The molecule has 5 heteroatoms. The molecular formula is C19H24FN3O. The van der Waals surface area contributed by atoms with Gasteiger partial charge >= 0.3 is 0 Å². The number of amides is 1. The largest absolute Gasteiger partial charge is 0.341 e. The highest BCUT2D eigenvalue weighted by atomic mass is 19.1. The van der Waals surface area contributed by atoms with Crippen molar-refractivity contribution in [2.45, 2.75) is 38.8 Å². The van der Waals surface area contributed by atoms with Gasteiger partial charge in [0, 0.05) is 29.7 Å². The topological polar surface area (TPSA) is 28.5 Å². The van der Waals surface area contributed by atoms with Crippen molar-refractivity contribution >= 4 is 16.8 Å². The molecule has 4 rings (SSSR count). The minimum Gasteiger partial charge on any atom is -0.341 e. The zero-order valence-electron chi connectivity index (χ0n) is 14.0. The Kier molecular flexibility index (Phi) is 4.27. The summed E-state index contributed by atoms with van der Waals surface area (Å²) >= 11 is 0. The van der Waals surface area contributed by atoms with Gasteiger partial charge < -0.3 is 9.47 Å². The number of aromatic nitrogens is 1. The number of carbonyl (C=O) groups is 1. The van der Waals surface area contributed by atoms with Gasteiger partial charge in [-0.2, -0.15) is 0 Å². The van der Waals surface area contributed by atoms with Crippen molar-refractivity contribution < 1.29 is 9.18 Å². The molecule has 2 aliphatic rings. The maximum Gasteiger partial charge on any atom is 0.237 e. The number of likely N-dealkylation sites (tertiary alicyclic amines) is 1. The van der Waals surface area contributed by atoms with Crippen LogP contribution in [-0.2, 0) is 17.9 Å². The fourth-order valence-corrected chi connectivity index (χ4v) is 3.99. The first-order valence-electron chi connectivity index (χ1n) is 8.98. The number of fused-ring (bicyclic) bond motifs is 3. The molecule has 1 fully saturated rings. The summed E-state index contributed by atoms with van der Waals surface area (Å²) in [7, 11) is 0. The molecular weight excluding hydrogens is 305 g/mol. The minimum absolute atomic E-state index is 0.209. The second kappa shape index (κ2) is 6.55. The van der Waals surface area contributed by atoms with E-state index in [2.05, 4.69) is 9.47 Å². The summed E-state index contributed by atoms with van der Waals surface area (Å²) in [6.45, 7) is 4.77. The second-order valence-electron chi connectivity index (χ2n) is 7.00. The predicted octanol–water partition coefficient (Wildman–Crippen LogP) is 3.00. The third kappa shape index (κ3) is 3.05. The van der Waals surface area contributed by atoms with E-state index in [1.54, 1.807) is 6.07 Å². The maximum atomic E-state index is 13.4. The molecule has 24 heavy (non-hydrogen) atoms. The Morgan fingerprint density at radius 2 is 1.79 bits per heavy atom. The number of benzene rings is 1. The average Bonchev–Trinajstić information content (AvgIpc) is 2.74. The molecule has 1 aromatic heterocycles. The molecule has 0 spiro atoms. The summed E-state index contributed by atoms with van der Waals surface area (Å²) in [6, 6.07) is 6.93. The number of hydrogen-bond donors (Lipinski definition) is 0. The van der Waals surface area contributed by atoms with Gasteiger partial charge in [-0.25, -0.2) is 4.39 Å². The van der Waals surface area contributed by atoms with E-state index in [4.69, 9.17) is 0 Å². The van der Waals surface area contributed by atoms with Crippen molar-refractivity contribution in [2.24, 2.45) is 0 Å². The number of hydrogen-bond acceptors (Lipinski definition) is 2. The molecule has 0 radical (unpaired) electrons. The van der Waals surface area contributed by atoms with Crippen LogP contribution in [0.3, 0.4) is 0 Å². The Labute approximate surface area is 141 Å². The van der Waals surface area contributed by atoms with Crippen LogP contribution in [-0.4, -0.2) is 46.5 Å². The molecule has 1 saturated heterocycles. The molecule has 4 nitrogen and oxygen atoms in total. The van der Waals surface area contributed by atoms with E-state index < -0.39 is 0 Å². The van der Waals surface area contributed by atoms with E-state index >= 15 is 0 Å². The summed E-state index contributed by atoms with van der Waals surface area (Å²) in [4.78, 5) is 16.9. The standard InChI is InChI=1S/C19H24FN3O/c20-16-5-6-18-15(11-16)12-17-13-22(9-10-23(17)18)19(24)14-21-7-3-1-2-4-8-21/h5-6,11-12H,1-4,7-10,13-14H2. The van der Waals surface area contributed by atoms with Gasteiger partial charge in [-0.15, -0.1) is 0 Å². The second-order valence-corrected chi connectivity index (χ2v) is 7.00. The fraction of sp³-hybridized carbons (Fsp3) is 0.526. The van der Waals surface area contributed by atoms with E-state index in [0.29, 0.717) is 13.1 Å². The van der Waals surface area contributed by atoms with E-state index in [1.165, 1.54) is 31.7 Å². The smallest absolute Gasteiger partial charge is 0.237 e. The van der Waals surface area contributed by atoms with Crippen molar-refractivity contribution in [3.8, 4) is 0 Å². The van der Waals surface area contributed by atoms with Gasteiger partial charge in [0.25, 0.3) is 0 Å². The van der Waals surface area contributed by atoms with Gasteiger partial charge in [-0.05, 0) is 50.2 Å².